The molecule has 1 fully saturated rings. The Balaban J connectivity index is 1.62. The first kappa shape index (κ1) is 20.0. The Bertz CT molecular complexity index is 838. The topological polar surface area (TPSA) is 53.5 Å². The van der Waals surface area contributed by atoms with Crippen molar-refractivity contribution in [3.05, 3.63) is 48.2 Å². The lowest BCUT2D eigenvalue weighted by Gasteiger charge is -2.36. The lowest BCUT2D eigenvalue weighted by Crippen LogP contribution is -2.48. The average molecular weight is 388 g/mol. The molecule has 1 aliphatic heterocycles. The van der Waals surface area contributed by atoms with Gasteiger partial charge in [0.25, 0.3) is 0 Å². The maximum atomic E-state index is 11.9. The minimum atomic E-state index is -3.16. The molecule has 0 N–H and O–H groups in total. The van der Waals surface area contributed by atoms with Gasteiger partial charge < -0.3 is 0 Å². The quantitative estimate of drug-likeness (QED) is 0.762. The molecule has 0 aliphatic carbocycles. The van der Waals surface area contributed by atoms with E-state index in [0.717, 1.165) is 44.0 Å². The van der Waals surface area contributed by atoms with Crippen LogP contribution in [0.3, 0.4) is 0 Å². The third-order valence-electron chi connectivity index (χ3n) is 5.26. The van der Waals surface area contributed by atoms with Gasteiger partial charge in [0.2, 0.25) is 0 Å². The summed E-state index contributed by atoms with van der Waals surface area (Å²) in [6, 6.07) is 11.7. The summed E-state index contributed by atoms with van der Waals surface area (Å²) in [7, 11) is -3.16. The zero-order valence-electron chi connectivity index (χ0n) is 16.4. The summed E-state index contributed by atoms with van der Waals surface area (Å²) in [5.74, 6) is 0.116. The fourth-order valence-electron chi connectivity index (χ4n) is 3.38. The van der Waals surface area contributed by atoms with Crippen LogP contribution in [0.5, 0.6) is 0 Å². The molecule has 0 amide bonds. The second-order valence-corrected chi connectivity index (χ2v) is 9.66. The molecule has 0 atom stereocenters. The van der Waals surface area contributed by atoms with Gasteiger partial charge in [-0.1, -0.05) is 25.1 Å². The summed E-state index contributed by atoms with van der Waals surface area (Å²) in [5, 5.41) is 0. The first-order valence-corrected chi connectivity index (χ1v) is 11.3. The Labute approximate surface area is 162 Å². The van der Waals surface area contributed by atoms with Crippen molar-refractivity contribution in [1.29, 1.82) is 0 Å². The van der Waals surface area contributed by atoms with Gasteiger partial charge in [-0.15, -0.1) is 0 Å². The van der Waals surface area contributed by atoms with Crippen molar-refractivity contribution in [3.63, 3.8) is 0 Å². The zero-order chi connectivity index (χ0) is 19.4. The molecule has 0 saturated carbocycles. The van der Waals surface area contributed by atoms with E-state index in [1.165, 1.54) is 5.56 Å². The highest BCUT2D eigenvalue weighted by Gasteiger charge is 2.18. The fourth-order valence-corrected chi connectivity index (χ4v) is 4.27. The van der Waals surface area contributed by atoms with E-state index in [-0.39, 0.29) is 5.75 Å². The fraction of sp³-hybridized carbons (Fsp3) is 0.476. The standard InChI is InChI=1S/C21H29N3O2S/c1-4-27(25,26)20-8-6-19(7-9-20)21-10-5-18(15-22-21)16-23-11-13-24(14-12-23)17(2)3/h5-10,15,17H,4,11-14,16H2,1-3H3. The Kier molecular flexibility index (Phi) is 6.29. The number of hydrogen-bond acceptors (Lipinski definition) is 5. The monoisotopic (exact) mass is 387 g/mol. The van der Waals surface area contributed by atoms with Gasteiger partial charge in [0.05, 0.1) is 16.3 Å². The number of nitrogens with zero attached hydrogens (tertiary/aromatic N) is 3. The lowest BCUT2D eigenvalue weighted by molar-refractivity contribution is 0.104. The third-order valence-corrected chi connectivity index (χ3v) is 7.01. The van der Waals surface area contributed by atoms with Crippen LogP contribution in [-0.4, -0.2) is 61.2 Å². The molecule has 1 aromatic heterocycles. The van der Waals surface area contributed by atoms with Crippen molar-refractivity contribution in [1.82, 2.24) is 14.8 Å². The number of aromatic nitrogens is 1. The summed E-state index contributed by atoms with van der Waals surface area (Å²) in [6.07, 6.45) is 1.93. The van der Waals surface area contributed by atoms with Gasteiger partial charge in [0.1, 0.15) is 0 Å². The maximum Gasteiger partial charge on any atom is 0.178 e. The van der Waals surface area contributed by atoms with E-state index in [1.54, 1.807) is 19.1 Å². The van der Waals surface area contributed by atoms with Crippen LogP contribution >= 0.6 is 0 Å². The molecule has 146 valence electrons. The molecule has 5 nitrogen and oxygen atoms in total. The van der Waals surface area contributed by atoms with Gasteiger partial charge in [0.15, 0.2) is 9.84 Å². The molecular weight excluding hydrogens is 358 g/mol. The SMILES string of the molecule is CCS(=O)(=O)c1ccc(-c2ccc(CN3CCN(C(C)C)CC3)cn2)cc1. The van der Waals surface area contributed by atoms with Gasteiger partial charge >= 0.3 is 0 Å². The molecule has 2 heterocycles. The van der Waals surface area contributed by atoms with Crippen molar-refractivity contribution in [2.24, 2.45) is 0 Å². The molecule has 0 radical (unpaired) electrons. The number of pyridine rings is 1. The van der Waals surface area contributed by atoms with Crippen LogP contribution in [-0.2, 0) is 16.4 Å². The van der Waals surface area contributed by atoms with Crippen LogP contribution in [0.2, 0.25) is 0 Å². The van der Waals surface area contributed by atoms with E-state index < -0.39 is 9.84 Å². The second-order valence-electron chi connectivity index (χ2n) is 7.39. The molecule has 27 heavy (non-hydrogen) atoms. The summed E-state index contributed by atoms with van der Waals surface area (Å²) in [5.41, 5.74) is 3.01. The van der Waals surface area contributed by atoms with E-state index in [1.807, 2.05) is 24.4 Å². The Hall–Kier alpha value is -1.76. The van der Waals surface area contributed by atoms with Crippen LogP contribution in [0.25, 0.3) is 11.3 Å². The Morgan fingerprint density at radius 1 is 1.00 bits per heavy atom. The van der Waals surface area contributed by atoms with Crippen LogP contribution < -0.4 is 0 Å². The molecule has 3 rings (SSSR count). The van der Waals surface area contributed by atoms with E-state index in [0.29, 0.717) is 10.9 Å². The van der Waals surface area contributed by atoms with Crippen molar-refractivity contribution in [2.45, 2.75) is 38.3 Å². The van der Waals surface area contributed by atoms with Gasteiger partial charge in [0, 0.05) is 50.5 Å². The van der Waals surface area contributed by atoms with Crippen LogP contribution in [0.4, 0.5) is 0 Å². The number of benzene rings is 1. The molecule has 1 aromatic carbocycles. The Morgan fingerprint density at radius 2 is 1.67 bits per heavy atom. The molecule has 0 bridgehead atoms. The highest BCUT2D eigenvalue weighted by atomic mass is 32.2. The van der Waals surface area contributed by atoms with Gasteiger partial charge in [-0.2, -0.15) is 0 Å². The van der Waals surface area contributed by atoms with E-state index >= 15 is 0 Å². The molecule has 1 aliphatic rings. The average Bonchev–Trinajstić information content (AvgIpc) is 2.69. The second kappa shape index (κ2) is 8.50. The minimum Gasteiger partial charge on any atom is -0.298 e. The van der Waals surface area contributed by atoms with Crippen LogP contribution in [0, 0.1) is 0 Å². The number of sulfone groups is 1. The van der Waals surface area contributed by atoms with Gasteiger partial charge in [-0.25, -0.2) is 8.42 Å². The molecule has 1 saturated heterocycles. The largest absolute Gasteiger partial charge is 0.298 e. The van der Waals surface area contributed by atoms with Gasteiger partial charge in [-0.05, 0) is 37.6 Å². The number of piperazine rings is 1. The summed E-state index contributed by atoms with van der Waals surface area (Å²) in [4.78, 5) is 9.94. The molecule has 2 aromatic rings. The maximum absolute atomic E-state index is 11.9. The van der Waals surface area contributed by atoms with Crippen molar-refractivity contribution < 1.29 is 8.42 Å². The minimum absolute atomic E-state index is 0.116. The predicted molar refractivity (Wildman–Crippen MR) is 109 cm³/mol. The first-order chi connectivity index (χ1) is 12.9. The molecular formula is C21H29N3O2S. The third kappa shape index (κ3) is 4.94. The number of hydrogen-bond donors (Lipinski definition) is 0. The summed E-state index contributed by atoms with van der Waals surface area (Å²) >= 11 is 0. The van der Waals surface area contributed by atoms with E-state index in [4.69, 9.17) is 0 Å². The summed E-state index contributed by atoms with van der Waals surface area (Å²) < 4.78 is 23.8. The smallest absolute Gasteiger partial charge is 0.178 e. The molecule has 6 heteroatoms. The van der Waals surface area contributed by atoms with Crippen molar-refractivity contribution in [2.75, 3.05) is 31.9 Å². The van der Waals surface area contributed by atoms with Crippen LogP contribution in [0.15, 0.2) is 47.5 Å². The van der Waals surface area contributed by atoms with Crippen molar-refractivity contribution in [3.8, 4) is 11.3 Å². The first-order valence-electron chi connectivity index (χ1n) is 9.63. The summed E-state index contributed by atoms with van der Waals surface area (Å²) in [6.45, 7) is 11.5. The van der Waals surface area contributed by atoms with Gasteiger partial charge in [-0.3, -0.25) is 14.8 Å². The normalized spacial score (nSPS) is 16.7. The Morgan fingerprint density at radius 3 is 2.19 bits per heavy atom. The van der Waals surface area contributed by atoms with E-state index in [2.05, 4.69) is 34.7 Å². The predicted octanol–water partition coefficient (Wildman–Crippen LogP) is 3.07. The zero-order valence-corrected chi connectivity index (χ0v) is 17.2. The lowest BCUT2D eigenvalue weighted by atomic mass is 10.1. The van der Waals surface area contributed by atoms with Crippen molar-refractivity contribution >= 4 is 9.84 Å². The molecule has 0 unspecified atom stereocenters. The van der Waals surface area contributed by atoms with E-state index in [9.17, 15) is 8.42 Å². The number of rotatable bonds is 6. The molecule has 0 spiro atoms. The highest BCUT2D eigenvalue weighted by molar-refractivity contribution is 7.91. The highest BCUT2D eigenvalue weighted by Crippen LogP contribution is 2.21. The van der Waals surface area contributed by atoms with Crippen LogP contribution in [0.1, 0.15) is 26.3 Å².